The first-order chi connectivity index (χ1) is 7.20. The van der Waals surface area contributed by atoms with Crippen LogP contribution in [-0.2, 0) is 9.53 Å². The van der Waals surface area contributed by atoms with E-state index in [9.17, 15) is 9.59 Å². The maximum atomic E-state index is 11.7. The van der Waals surface area contributed by atoms with E-state index in [-0.39, 0.29) is 12.5 Å². The van der Waals surface area contributed by atoms with Crippen LogP contribution in [0.25, 0.3) is 0 Å². The standard InChI is InChI=1S/C11H19NO4/c1-7-5-12(6-8(7)9(13)14)10(15)16-11(2,3)4/h7-8H,5-6H2,1-4H3,(H,13,14)/t7-,8-/m1/s1. The third-order valence-electron chi connectivity index (χ3n) is 2.58. The second kappa shape index (κ2) is 4.31. The van der Waals surface area contributed by atoms with Crippen LogP contribution >= 0.6 is 0 Å². The highest BCUT2D eigenvalue weighted by Crippen LogP contribution is 2.24. The number of carbonyl (C=O) groups is 2. The van der Waals surface area contributed by atoms with Gasteiger partial charge in [0, 0.05) is 13.1 Å². The number of hydrogen-bond donors (Lipinski definition) is 1. The van der Waals surface area contributed by atoms with E-state index in [1.54, 1.807) is 20.8 Å². The Labute approximate surface area is 95.4 Å². The average Bonchev–Trinajstić information content (AvgIpc) is 2.44. The van der Waals surface area contributed by atoms with Gasteiger partial charge < -0.3 is 14.7 Å². The minimum atomic E-state index is -0.849. The van der Waals surface area contributed by atoms with E-state index >= 15 is 0 Å². The van der Waals surface area contributed by atoms with Crippen molar-refractivity contribution in [2.24, 2.45) is 11.8 Å². The van der Waals surface area contributed by atoms with E-state index in [2.05, 4.69) is 0 Å². The summed E-state index contributed by atoms with van der Waals surface area (Å²) in [5.74, 6) is -1.35. The number of carboxylic acid groups (broad SMARTS) is 1. The van der Waals surface area contributed by atoms with Gasteiger partial charge in [-0.2, -0.15) is 0 Å². The van der Waals surface area contributed by atoms with Gasteiger partial charge in [0.15, 0.2) is 0 Å². The zero-order chi connectivity index (χ0) is 12.5. The van der Waals surface area contributed by atoms with Gasteiger partial charge in [-0.25, -0.2) is 4.79 Å². The molecular formula is C11H19NO4. The Bertz CT molecular complexity index is 295. The third-order valence-corrected chi connectivity index (χ3v) is 2.58. The predicted octanol–water partition coefficient (Wildman–Crippen LogP) is 1.57. The first-order valence-corrected chi connectivity index (χ1v) is 5.41. The molecular weight excluding hydrogens is 210 g/mol. The number of likely N-dealkylation sites (tertiary alicyclic amines) is 1. The molecule has 0 bridgehead atoms. The maximum absolute atomic E-state index is 11.7. The summed E-state index contributed by atoms with van der Waals surface area (Å²) in [6.45, 7) is 7.90. The lowest BCUT2D eigenvalue weighted by atomic mass is 9.99. The Balaban J connectivity index is 2.58. The summed E-state index contributed by atoms with van der Waals surface area (Å²) >= 11 is 0. The van der Waals surface area contributed by atoms with Crippen LogP contribution in [0.3, 0.4) is 0 Å². The quantitative estimate of drug-likeness (QED) is 0.741. The number of carboxylic acids is 1. The Morgan fingerprint density at radius 3 is 2.25 bits per heavy atom. The number of amides is 1. The number of aliphatic carboxylic acids is 1. The van der Waals surface area contributed by atoms with Crippen molar-refractivity contribution in [3.63, 3.8) is 0 Å². The Morgan fingerprint density at radius 2 is 1.88 bits per heavy atom. The van der Waals surface area contributed by atoms with Gasteiger partial charge in [0.1, 0.15) is 5.60 Å². The maximum Gasteiger partial charge on any atom is 0.410 e. The molecule has 0 aromatic carbocycles. The molecule has 1 aliphatic rings. The average molecular weight is 229 g/mol. The summed E-state index contributed by atoms with van der Waals surface area (Å²) in [7, 11) is 0. The molecule has 0 aliphatic carbocycles. The summed E-state index contributed by atoms with van der Waals surface area (Å²) in [5.41, 5.74) is -0.540. The molecule has 1 aliphatic heterocycles. The van der Waals surface area contributed by atoms with Gasteiger partial charge >= 0.3 is 12.1 Å². The molecule has 0 aromatic rings. The molecule has 5 nitrogen and oxygen atoms in total. The zero-order valence-electron chi connectivity index (χ0n) is 10.2. The lowest BCUT2D eigenvalue weighted by Crippen LogP contribution is -2.35. The van der Waals surface area contributed by atoms with Gasteiger partial charge in [-0.15, -0.1) is 0 Å². The van der Waals surface area contributed by atoms with Crippen LogP contribution in [0.2, 0.25) is 0 Å². The van der Waals surface area contributed by atoms with Gasteiger partial charge in [-0.3, -0.25) is 4.79 Å². The van der Waals surface area contributed by atoms with E-state index in [0.29, 0.717) is 6.54 Å². The minimum Gasteiger partial charge on any atom is -0.481 e. The monoisotopic (exact) mass is 229 g/mol. The van der Waals surface area contributed by atoms with Crippen molar-refractivity contribution in [3.8, 4) is 0 Å². The smallest absolute Gasteiger partial charge is 0.410 e. The Morgan fingerprint density at radius 1 is 1.31 bits per heavy atom. The number of rotatable bonds is 1. The van der Waals surface area contributed by atoms with Gasteiger partial charge in [0.05, 0.1) is 5.92 Å². The van der Waals surface area contributed by atoms with Crippen molar-refractivity contribution >= 4 is 12.1 Å². The topological polar surface area (TPSA) is 66.8 Å². The minimum absolute atomic E-state index is 0.0231. The molecule has 0 spiro atoms. The molecule has 16 heavy (non-hydrogen) atoms. The first-order valence-electron chi connectivity index (χ1n) is 5.41. The lowest BCUT2D eigenvalue weighted by Gasteiger charge is -2.24. The Hall–Kier alpha value is -1.26. The molecule has 0 aromatic heterocycles. The van der Waals surface area contributed by atoms with Crippen LogP contribution in [0.15, 0.2) is 0 Å². The van der Waals surface area contributed by atoms with Crippen molar-refractivity contribution in [2.75, 3.05) is 13.1 Å². The number of nitrogens with zero attached hydrogens (tertiary/aromatic N) is 1. The summed E-state index contributed by atoms with van der Waals surface area (Å²) in [5, 5.41) is 8.94. The second-order valence-corrected chi connectivity index (χ2v) is 5.31. The second-order valence-electron chi connectivity index (χ2n) is 5.31. The SMILES string of the molecule is C[C@@H]1CN(C(=O)OC(C)(C)C)C[C@H]1C(=O)O. The molecule has 92 valence electrons. The van der Waals surface area contributed by atoms with Crippen LogP contribution in [-0.4, -0.2) is 40.8 Å². The van der Waals surface area contributed by atoms with Crippen molar-refractivity contribution in [1.29, 1.82) is 0 Å². The number of ether oxygens (including phenoxy) is 1. The molecule has 1 rings (SSSR count). The number of carbonyl (C=O) groups excluding carboxylic acids is 1. The number of hydrogen-bond acceptors (Lipinski definition) is 3. The third kappa shape index (κ3) is 3.12. The van der Waals surface area contributed by atoms with Crippen molar-refractivity contribution in [2.45, 2.75) is 33.3 Å². The van der Waals surface area contributed by atoms with Crippen molar-refractivity contribution in [1.82, 2.24) is 4.90 Å². The highest BCUT2D eigenvalue weighted by atomic mass is 16.6. The summed E-state index contributed by atoms with van der Waals surface area (Å²) in [4.78, 5) is 24.0. The molecule has 0 radical (unpaired) electrons. The van der Waals surface area contributed by atoms with Crippen LogP contribution in [0, 0.1) is 11.8 Å². The fourth-order valence-electron chi connectivity index (χ4n) is 1.76. The predicted molar refractivity (Wildman–Crippen MR) is 58.1 cm³/mol. The largest absolute Gasteiger partial charge is 0.481 e. The highest BCUT2D eigenvalue weighted by molar-refractivity contribution is 5.74. The summed E-state index contributed by atoms with van der Waals surface area (Å²) < 4.78 is 5.19. The summed E-state index contributed by atoms with van der Waals surface area (Å²) in [6, 6.07) is 0. The molecule has 1 saturated heterocycles. The van der Waals surface area contributed by atoms with Crippen molar-refractivity contribution in [3.05, 3.63) is 0 Å². The zero-order valence-corrected chi connectivity index (χ0v) is 10.2. The fourth-order valence-corrected chi connectivity index (χ4v) is 1.76. The van der Waals surface area contributed by atoms with Gasteiger partial charge in [-0.1, -0.05) is 6.92 Å². The fraction of sp³-hybridized carbons (Fsp3) is 0.818. The van der Waals surface area contributed by atoms with Gasteiger partial charge in [0.2, 0.25) is 0 Å². The van der Waals surface area contributed by atoms with Crippen LogP contribution in [0.5, 0.6) is 0 Å². The Kier molecular flexibility index (Phi) is 3.45. The van der Waals surface area contributed by atoms with Crippen molar-refractivity contribution < 1.29 is 19.4 Å². The molecule has 0 saturated carbocycles. The van der Waals surface area contributed by atoms with E-state index in [1.165, 1.54) is 4.90 Å². The van der Waals surface area contributed by atoms with Crippen LogP contribution in [0.4, 0.5) is 4.79 Å². The molecule has 1 fully saturated rings. The van der Waals surface area contributed by atoms with E-state index in [4.69, 9.17) is 9.84 Å². The van der Waals surface area contributed by atoms with Crippen LogP contribution in [0.1, 0.15) is 27.7 Å². The van der Waals surface area contributed by atoms with Gasteiger partial charge in [0.25, 0.3) is 0 Å². The molecule has 1 amide bonds. The van der Waals surface area contributed by atoms with Crippen LogP contribution < -0.4 is 0 Å². The first kappa shape index (κ1) is 12.8. The molecule has 0 unspecified atom stereocenters. The normalized spacial score (nSPS) is 25.6. The van der Waals surface area contributed by atoms with E-state index < -0.39 is 23.6 Å². The molecule has 1 heterocycles. The van der Waals surface area contributed by atoms with Gasteiger partial charge in [-0.05, 0) is 26.7 Å². The molecule has 5 heteroatoms. The highest BCUT2D eigenvalue weighted by Gasteiger charge is 2.38. The lowest BCUT2D eigenvalue weighted by molar-refractivity contribution is -0.142. The summed E-state index contributed by atoms with van der Waals surface area (Å²) in [6.07, 6.45) is -0.428. The van der Waals surface area contributed by atoms with E-state index in [0.717, 1.165) is 0 Å². The van der Waals surface area contributed by atoms with E-state index in [1.807, 2.05) is 6.92 Å². The molecule has 1 N–H and O–H groups in total. The molecule has 2 atom stereocenters.